The third-order valence-electron chi connectivity index (χ3n) is 3.25. The van der Waals surface area contributed by atoms with Crippen molar-refractivity contribution in [2.24, 2.45) is 0 Å². The first-order valence-corrected chi connectivity index (χ1v) is 7.51. The fraction of sp³-hybridized carbons (Fsp3) is 0.923. The van der Waals surface area contributed by atoms with Gasteiger partial charge >= 0.3 is 6.09 Å². The van der Waals surface area contributed by atoms with E-state index < -0.39 is 5.60 Å². The zero-order valence-corrected chi connectivity index (χ0v) is 11.8. The van der Waals surface area contributed by atoms with Crippen LogP contribution in [0, 0.1) is 0 Å². The van der Waals surface area contributed by atoms with Crippen molar-refractivity contribution >= 4 is 17.9 Å². The summed E-state index contributed by atoms with van der Waals surface area (Å²) in [6, 6.07) is 0.321. The van der Waals surface area contributed by atoms with E-state index in [-0.39, 0.29) is 6.09 Å². The van der Waals surface area contributed by atoms with E-state index >= 15 is 0 Å². The molecule has 0 aromatic carbocycles. The lowest BCUT2D eigenvalue weighted by atomic mass is 9.95. The van der Waals surface area contributed by atoms with Crippen LogP contribution in [0.3, 0.4) is 0 Å². The Morgan fingerprint density at radius 3 is 2.35 bits per heavy atom. The van der Waals surface area contributed by atoms with Gasteiger partial charge in [-0.05, 0) is 46.5 Å². The van der Waals surface area contributed by atoms with Gasteiger partial charge in [0.25, 0.3) is 0 Å². The van der Waals surface area contributed by atoms with E-state index in [0.717, 1.165) is 23.3 Å². The second-order valence-electron chi connectivity index (χ2n) is 6.13. The largest absolute Gasteiger partial charge is 0.444 e. The monoisotopic (exact) mass is 257 g/mol. The lowest BCUT2D eigenvalue weighted by Crippen LogP contribution is -2.45. The molecular formula is C13H23NO2S. The average molecular weight is 257 g/mol. The molecule has 0 spiro atoms. The molecule has 3 nitrogen and oxygen atoms in total. The van der Waals surface area contributed by atoms with E-state index in [1.165, 1.54) is 19.3 Å². The van der Waals surface area contributed by atoms with Crippen LogP contribution in [0.2, 0.25) is 0 Å². The number of nitrogens with one attached hydrogen (secondary N) is 1. The van der Waals surface area contributed by atoms with Crippen molar-refractivity contribution in [3.63, 3.8) is 0 Å². The summed E-state index contributed by atoms with van der Waals surface area (Å²) in [7, 11) is 0. The zero-order chi connectivity index (χ0) is 12.5. The summed E-state index contributed by atoms with van der Waals surface area (Å²) < 4.78 is 5.31. The first-order valence-electron chi connectivity index (χ1n) is 6.57. The van der Waals surface area contributed by atoms with Gasteiger partial charge in [0.15, 0.2) is 0 Å². The molecule has 98 valence electrons. The molecule has 17 heavy (non-hydrogen) atoms. The number of thioether (sulfide) groups is 1. The molecule has 2 unspecified atom stereocenters. The Morgan fingerprint density at radius 1 is 1.24 bits per heavy atom. The van der Waals surface area contributed by atoms with Gasteiger partial charge in [-0.1, -0.05) is 6.42 Å². The number of carbonyl (C=O) groups is 1. The molecule has 2 saturated heterocycles. The van der Waals surface area contributed by atoms with Crippen LogP contribution in [-0.4, -0.2) is 28.2 Å². The van der Waals surface area contributed by atoms with Crippen LogP contribution in [0.15, 0.2) is 0 Å². The molecule has 2 aliphatic rings. The number of fused-ring (bicyclic) bond motifs is 2. The van der Waals surface area contributed by atoms with Gasteiger partial charge in [0, 0.05) is 16.5 Å². The van der Waals surface area contributed by atoms with Gasteiger partial charge in [0.1, 0.15) is 5.60 Å². The predicted molar refractivity (Wildman–Crippen MR) is 71.4 cm³/mol. The Hall–Kier alpha value is -0.380. The lowest BCUT2D eigenvalue weighted by Gasteiger charge is -2.38. The molecule has 1 N–H and O–H groups in total. The summed E-state index contributed by atoms with van der Waals surface area (Å²) in [5.41, 5.74) is -0.399. The molecule has 2 fully saturated rings. The average Bonchev–Trinajstić information content (AvgIpc) is 2.13. The van der Waals surface area contributed by atoms with Crippen LogP contribution >= 0.6 is 11.8 Å². The summed E-state index contributed by atoms with van der Waals surface area (Å²) in [6.07, 6.45) is 5.95. The molecule has 2 heterocycles. The molecule has 0 saturated carbocycles. The Labute approximate surface area is 108 Å². The minimum Gasteiger partial charge on any atom is -0.444 e. The molecule has 0 radical (unpaired) electrons. The van der Waals surface area contributed by atoms with Crippen LogP contribution in [-0.2, 0) is 4.74 Å². The summed E-state index contributed by atoms with van der Waals surface area (Å²) in [5, 5.41) is 4.53. The topological polar surface area (TPSA) is 38.3 Å². The number of amides is 1. The van der Waals surface area contributed by atoms with E-state index in [1.807, 2.05) is 20.8 Å². The molecule has 0 aromatic rings. The molecule has 2 aliphatic heterocycles. The van der Waals surface area contributed by atoms with Crippen LogP contribution < -0.4 is 5.32 Å². The maximum Gasteiger partial charge on any atom is 0.407 e. The number of rotatable bonds is 1. The highest BCUT2D eigenvalue weighted by Gasteiger charge is 2.33. The minimum atomic E-state index is -0.399. The fourth-order valence-corrected chi connectivity index (χ4v) is 4.49. The molecule has 2 atom stereocenters. The van der Waals surface area contributed by atoms with Crippen LogP contribution in [0.1, 0.15) is 52.9 Å². The quantitative estimate of drug-likeness (QED) is 0.783. The van der Waals surface area contributed by atoms with E-state index in [9.17, 15) is 4.79 Å². The highest BCUT2D eigenvalue weighted by molar-refractivity contribution is 8.00. The normalized spacial score (nSPS) is 33.0. The van der Waals surface area contributed by atoms with Crippen molar-refractivity contribution in [2.75, 3.05) is 0 Å². The van der Waals surface area contributed by atoms with Crippen molar-refractivity contribution in [1.29, 1.82) is 0 Å². The standard InChI is InChI=1S/C13H23NO2S/c1-13(2,3)16-12(15)14-9-7-10-5-4-6-11(8-9)17-10/h9-11H,4-8H2,1-3H3,(H,14,15). The van der Waals surface area contributed by atoms with Gasteiger partial charge < -0.3 is 10.1 Å². The van der Waals surface area contributed by atoms with E-state index in [1.54, 1.807) is 0 Å². The second-order valence-corrected chi connectivity index (χ2v) is 7.73. The first-order chi connectivity index (χ1) is 7.92. The minimum absolute atomic E-state index is 0.257. The zero-order valence-electron chi connectivity index (χ0n) is 11.0. The Bertz CT molecular complexity index is 276. The van der Waals surface area contributed by atoms with Crippen LogP contribution in [0.4, 0.5) is 4.79 Å². The summed E-state index contributed by atoms with van der Waals surface area (Å²) in [6.45, 7) is 5.70. The van der Waals surface area contributed by atoms with E-state index in [0.29, 0.717) is 6.04 Å². The van der Waals surface area contributed by atoms with Crippen LogP contribution in [0.25, 0.3) is 0 Å². The molecule has 1 amide bonds. The number of ether oxygens (including phenoxy) is 1. The summed E-state index contributed by atoms with van der Waals surface area (Å²) in [4.78, 5) is 11.7. The molecule has 2 rings (SSSR count). The third kappa shape index (κ3) is 4.09. The Balaban J connectivity index is 1.81. The predicted octanol–water partition coefficient (Wildman–Crippen LogP) is 3.33. The van der Waals surface area contributed by atoms with E-state index in [4.69, 9.17) is 4.74 Å². The van der Waals surface area contributed by atoms with Crippen molar-refractivity contribution in [2.45, 2.75) is 75.0 Å². The van der Waals surface area contributed by atoms with Gasteiger partial charge in [0.2, 0.25) is 0 Å². The van der Waals surface area contributed by atoms with Crippen molar-refractivity contribution in [1.82, 2.24) is 5.32 Å². The summed E-state index contributed by atoms with van der Waals surface area (Å²) >= 11 is 2.13. The van der Waals surface area contributed by atoms with Gasteiger partial charge in [0.05, 0.1) is 0 Å². The molecule has 2 bridgehead atoms. The maximum absolute atomic E-state index is 11.7. The van der Waals surface area contributed by atoms with Gasteiger partial charge in [-0.15, -0.1) is 0 Å². The number of hydrogen-bond donors (Lipinski definition) is 1. The third-order valence-corrected chi connectivity index (χ3v) is 4.88. The number of alkyl carbamates (subject to hydrolysis) is 1. The first kappa shape index (κ1) is 13.1. The van der Waals surface area contributed by atoms with Crippen molar-refractivity contribution in [3.8, 4) is 0 Å². The Kier molecular flexibility index (Phi) is 3.91. The second kappa shape index (κ2) is 5.09. The van der Waals surface area contributed by atoms with E-state index in [2.05, 4.69) is 17.1 Å². The van der Waals surface area contributed by atoms with Gasteiger partial charge in [-0.2, -0.15) is 11.8 Å². The molecule has 0 aliphatic carbocycles. The summed E-state index contributed by atoms with van der Waals surface area (Å²) in [5.74, 6) is 0. The maximum atomic E-state index is 11.7. The molecular weight excluding hydrogens is 234 g/mol. The van der Waals surface area contributed by atoms with Gasteiger partial charge in [-0.3, -0.25) is 0 Å². The Morgan fingerprint density at radius 2 is 1.82 bits per heavy atom. The van der Waals surface area contributed by atoms with Crippen molar-refractivity contribution < 1.29 is 9.53 Å². The molecule has 0 aromatic heterocycles. The van der Waals surface area contributed by atoms with Crippen LogP contribution in [0.5, 0.6) is 0 Å². The number of carbonyl (C=O) groups excluding carboxylic acids is 1. The highest BCUT2D eigenvalue weighted by Crippen LogP contribution is 2.41. The highest BCUT2D eigenvalue weighted by atomic mass is 32.2. The smallest absolute Gasteiger partial charge is 0.407 e. The van der Waals surface area contributed by atoms with Gasteiger partial charge in [-0.25, -0.2) is 4.79 Å². The van der Waals surface area contributed by atoms with Crippen molar-refractivity contribution in [3.05, 3.63) is 0 Å². The fourth-order valence-electron chi connectivity index (χ4n) is 2.65. The number of hydrogen-bond acceptors (Lipinski definition) is 3. The lowest BCUT2D eigenvalue weighted by molar-refractivity contribution is 0.0496. The SMILES string of the molecule is CC(C)(C)OC(=O)NC1CC2CCCC(C1)S2. The molecule has 4 heteroatoms.